The summed E-state index contributed by atoms with van der Waals surface area (Å²) in [4.78, 5) is 17.0. The van der Waals surface area contributed by atoms with Gasteiger partial charge in [0.25, 0.3) is 0 Å². The van der Waals surface area contributed by atoms with Crippen LogP contribution in [0.25, 0.3) is 11.0 Å². The van der Waals surface area contributed by atoms with Gasteiger partial charge >= 0.3 is 0 Å². The molecule has 1 amide bonds. The van der Waals surface area contributed by atoms with Gasteiger partial charge in [0.15, 0.2) is 5.16 Å². The number of hydrogen-bond donors (Lipinski definition) is 1. The molecule has 24 heavy (non-hydrogen) atoms. The fourth-order valence-electron chi connectivity index (χ4n) is 3.38. The van der Waals surface area contributed by atoms with Crippen molar-refractivity contribution in [2.24, 2.45) is 5.92 Å². The predicted molar refractivity (Wildman–Crippen MR) is 100 cm³/mol. The van der Waals surface area contributed by atoms with Crippen LogP contribution < -0.4 is 5.32 Å². The third-order valence-electron chi connectivity index (χ3n) is 4.72. The molecule has 4 nitrogen and oxygen atoms in total. The Labute approximate surface area is 147 Å². The molecule has 0 saturated heterocycles. The second-order valence-corrected chi connectivity index (χ2v) is 7.45. The van der Waals surface area contributed by atoms with Crippen molar-refractivity contribution < 1.29 is 4.79 Å². The molecule has 1 aromatic heterocycles. The molecule has 1 saturated carbocycles. The van der Waals surface area contributed by atoms with Crippen molar-refractivity contribution in [2.45, 2.75) is 50.4 Å². The molecule has 3 rings (SSSR count). The fourth-order valence-corrected chi connectivity index (χ4v) is 4.21. The van der Waals surface area contributed by atoms with Gasteiger partial charge in [-0.25, -0.2) is 4.98 Å². The summed E-state index contributed by atoms with van der Waals surface area (Å²) in [6.45, 7) is 6.76. The number of aromatic nitrogens is 2. The molecular formula is C19H25N3OS. The van der Waals surface area contributed by atoms with Crippen molar-refractivity contribution in [1.82, 2.24) is 14.9 Å². The highest BCUT2D eigenvalue weighted by Crippen LogP contribution is 2.26. The van der Waals surface area contributed by atoms with Crippen molar-refractivity contribution in [3.63, 3.8) is 0 Å². The molecule has 0 spiro atoms. The lowest BCUT2D eigenvalue weighted by Crippen LogP contribution is -2.41. The molecule has 2 aromatic rings. The van der Waals surface area contributed by atoms with Crippen LogP contribution in [0, 0.1) is 5.92 Å². The molecular weight excluding hydrogens is 318 g/mol. The molecule has 1 aliphatic rings. The number of hydrogen-bond acceptors (Lipinski definition) is 3. The molecule has 1 N–H and O–H groups in total. The van der Waals surface area contributed by atoms with Gasteiger partial charge in [-0.15, -0.1) is 6.58 Å². The second kappa shape index (κ2) is 7.88. The van der Waals surface area contributed by atoms with E-state index in [1.165, 1.54) is 31.0 Å². The zero-order valence-corrected chi connectivity index (χ0v) is 15.0. The van der Waals surface area contributed by atoms with Gasteiger partial charge < -0.3 is 9.88 Å². The minimum atomic E-state index is 0.107. The van der Waals surface area contributed by atoms with Gasteiger partial charge in [0.05, 0.1) is 16.8 Å². The van der Waals surface area contributed by atoms with Gasteiger partial charge in [0.1, 0.15) is 0 Å². The number of allylic oxidation sites excluding steroid dienone is 1. The van der Waals surface area contributed by atoms with Gasteiger partial charge in [0, 0.05) is 12.6 Å². The number of imidazole rings is 1. The van der Waals surface area contributed by atoms with Crippen LogP contribution in [-0.4, -0.2) is 27.3 Å². The van der Waals surface area contributed by atoms with Crippen LogP contribution in [0.3, 0.4) is 0 Å². The monoisotopic (exact) mass is 343 g/mol. The van der Waals surface area contributed by atoms with E-state index in [1.54, 1.807) is 0 Å². The Bertz CT molecular complexity index is 724. The first-order valence-electron chi connectivity index (χ1n) is 8.67. The number of carbonyl (C=O) groups excluding carboxylic acids is 1. The van der Waals surface area contributed by atoms with E-state index in [-0.39, 0.29) is 5.91 Å². The van der Waals surface area contributed by atoms with Crippen molar-refractivity contribution >= 4 is 28.7 Å². The Morgan fingerprint density at radius 3 is 3.00 bits per heavy atom. The number of benzene rings is 1. The standard InChI is InChI=1S/C19H25N3OS/c1-3-12-22-17-11-7-6-10-16(17)21-19(22)24-13-18(23)20-15-9-5-4-8-14(15)2/h3,6-7,10-11,14-15H,1,4-5,8-9,12-13H2,2H3,(H,20,23)/t14-,15-/m0/s1. The van der Waals surface area contributed by atoms with E-state index in [2.05, 4.69) is 34.4 Å². The molecule has 2 atom stereocenters. The number of amides is 1. The Balaban J connectivity index is 1.65. The number of fused-ring (bicyclic) bond motifs is 1. The van der Waals surface area contributed by atoms with E-state index in [0.717, 1.165) is 22.6 Å². The number of nitrogens with zero attached hydrogens (tertiary/aromatic N) is 2. The molecule has 0 aliphatic heterocycles. The van der Waals surface area contributed by atoms with Crippen molar-refractivity contribution in [3.8, 4) is 0 Å². The fraction of sp³-hybridized carbons (Fsp3) is 0.474. The maximum absolute atomic E-state index is 12.3. The predicted octanol–water partition coefficient (Wildman–Crippen LogP) is 4.01. The number of nitrogens with one attached hydrogen (secondary N) is 1. The lowest BCUT2D eigenvalue weighted by molar-refractivity contribution is -0.119. The molecule has 0 unspecified atom stereocenters. The van der Waals surface area contributed by atoms with E-state index in [0.29, 0.717) is 24.3 Å². The highest BCUT2D eigenvalue weighted by Gasteiger charge is 2.23. The summed E-state index contributed by atoms with van der Waals surface area (Å²) in [6.07, 6.45) is 6.69. The number of carbonyl (C=O) groups is 1. The van der Waals surface area contributed by atoms with Crippen LogP contribution in [0.4, 0.5) is 0 Å². The number of thioether (sulfide) groups is 1. The SMILES string of the molecule is C=CCn1c(SCC(=O)N[C@H]2CCCC[C@@H]2C)nc2ccccc21. The van der Waals surface area contributed by atoms with Crippen LogP contribution >= 0.6 is 11.8 Å². The Kier molecular flexibility index (Phi) is 5.61. The Morgan fingerprint density at radius 2 is 2.21 bits per heavy atom. The smallest absolute Gasteiger partial charge is 0.230 e. The van der Waals surface area contributed by atoms with Crippen molar-refractivity contribution in [1.29, 1.82) is 0 Å². The Hall–Kier alpha value is -1.75. The van der Waals surface area contributed by atoms with Gasteiger partial charge in [-0.2, -0.15) is 0 Å². The molecule has 1 heterocycles. The van der Waals surface area contributed by atoms with Crippen molar-refractivity contribution in [3.05, 3.63) is 36.9 Å². The maximum Gasteiger partial charge on any atom is 0.230 e. The normalized spacial score (nSPS) is 20.9. The number of para-hydroxylation sites is 2. The second-order valence-electron chi connectivity index (χ2n) is 6.51. The zero-order chi connectivity index (χ0) is 16.9. The van der Waals surface area contributed by atoms with Crippen LogP contribution in [0.15, 0.2) is 42.1 Å². The largest absolute Gasteiger partial charge is 0.352 e. The minimum absolute atomic E-state index is 0.107. The molecule has 128 valence electrons. The summed E-state index contributed by atoms with van der Waals surface area (Å²) in [5.74, 6) is 1.10. The molecule has 0 radical (unpaired) electrons. The van der Waals surface area contributed by atoms with Gasteiger partial charge in [0.2, 0.25) is 5.91 Å². The van der Waals surface area contributed by atoms with E-state index in [9.17, 15) is 4.79 Å². The summed E-state index contributed by atoms with van der Waals surface area (Å²) < 4.78 is 2.11. The van der Waals surface area contributed by atoms with Crippen LogP contribution in [-0.2, 0) is 11.3 Å². The van der Waals surface area contributed by atoms with E-state index in [1.807, 2.05) is 24.3 Å². The van der Waals surface area contributed by atoms with E-state index < -0.39 is 0 Å². The molecule has 1 fully saturated rings. The van der Waals surface area contributed by atoms with E-state index in [4.69, 9.17) is 0 Å². The van der Waals surface area contributed by atoms with Crippen LogP contribution in [0.2, 0.25) is 0 Å². The third-order valence-corrected chi connectivity index (χ3v) is 5.70. The zero-order valence-electron chi connectivity index (χ0n) is 14.2. The maximum atomic E-state index is 12.3. The summed E-state index contributed by atoms with van der Waals surface area (Å²) >= 11 is 1.50. The minimum Gasteiger partial charge on any atom is -0.352 e. The first-order valence-corrected chi connectivity index (χ1v) is 9.66. The summed E-state index contributed by atoms with van der Waals surface area (Å²) in [7, 11) is 0. The van der Waals surface area contributed by atoms with Gasteiger partial charge in [-0.05, 0) is 30.9 Å². The highest BCUT2D eigenvalue weighted by atomic mass is 32.2. The first kappa shape index (κ1) is 17.1. The highest BCUT2D eigenvalue weighted by molar-refractivity contribution is 7.99. The van der Waals surface area contributed by atoms with Crippen LogP contribution in [0.5, 0.6) is 0 Å². The lowest BCUT2D eigenvalue weighted by atomic mass is 9.86. The summed E-state index contributed by atoms with van der Waals surface area (Å²) in [5, 5.41) is 4.08. The number of rotatable bonds is 6. The van der Waals surface area contributed by atoms with Crippen LogP contribution in [0.1, 0.15) is 32.6 Å². The quantitative estimate of drug-likeness (QED) is 0.637. The average Bonchev–Trinajstić information content (AvgIpc) is 2.93. The van der Waals surface area contributed by atoms with Gasteiger partial charge in [-0.3, -0.25) is 4.79 Å². The first-order chi connectivity index (χ1) is 11.7. The topological polar surface area (TPSA) is 46.9 Å². The molecule has 0 bridgehead atoms. The molecule has 1 aromatic carbocycles. The van der Waals surface area contributed by atoms with Crippen molar-refractivity contribution in [2.75, 3.05) is 5.75 Å². The third kappa shape index (κ3) is 3.83. The summed E-state index contributed by atoms with van der Waals surface area (Å²) in [5.41, 5.74) is 2.05. The average molecular weight is 343 g/mol. The Morgan fingerprint density at radius 1 is 1.42 bits per heavy atom. The summed E-state index contributed by atoms with van der Waals surface area (Å²) in [6, 6.07) is 8.38. The molecule has 1 aliphatic carbocycles. The molecule has 5 heteroatoms. The van der Waals surface area contributed by atoms with E-state index >= 15 is 0 Å². The lowest BCUT2D eigenvalue weighted by Gasteiger charge is -2.29. The van der Waals surface area contributed by atoms with Gasteiger partial charge in [-0.1, -0.05) is 49.7 Å².